The molecule has 0 bridgehead atoms. The number of halogens is 2. The van der Waals surface area contributed by atoms with Crippen LogP contribution in [0.15, 0.2) is 47.8 Å². The Morgan fingerprint density at radius 1 is 1.13 bits per heavy atom. The molecule has 1 N–H and O–H groups in total. The van der Waals surface area contributed by atoms with Crippen LogP contribution >= 0.6 is 11.3 Å². The molecule has 3 rings (SSSR count). The molecule has 2 aromatic carbocycles. The Kier molecular flexibility index (Phi) is 4.16. The van der Waals surface area contributed by atoms with Crippen LogP contribution in [0.2, 0.25) is 0 Å². The Labute approximate surface area is 135 Å². The number of hydrogen-bond acceptors (Lipinski definition) is 3. The van der Waals surface area contributed by atoms with E-state index in [1.165, 1.54) is 17.4 Å². The molecule has 0 radical (unpaired) electrons. The average molecular weight is 330 g/mol. The van der Waals surface area contributed by atoms with Crippen LogP contribution in [-0.2, 0) is 0 Å². The lowest BCUT2D eigenvalue weighted by molar-refractivity contribution is 0.102. The number of aromatic nitrogens is 1. The first-order valence-corrected chi connectivity index (χ1v) is 7.70. The molecule has 0 saturated carbocycles. The van der Waals surface area contributed by atoms with E-state index < -0.39 is 11.6 Å². The van der Waals surface area contributed by atoms with Crippen LogP contribution < -0.4 is 5.32 Å². The molecule has 1 aromatic heterocycles. The Morgan fingerprint density at radius 2 is 1.91 bits per heavy atom. The molecule has 0 spiro atoms. The number of hydrogen-bond donors (Lipinski definition) is 1. The van der Waals surface area contributed by atoms with Crippen molar-refractivity contribution in [1.82, 2.24) is 4.98 Å². The third-order valence-electron chi connectivity index (χ3n) is 3.33. The lowest BCUT2D eigenvalue weighted by Gasteiger charge is -2.04. The van der Waals surface area contributed by atoms with E-state index in [1.54, 1.807) is 17.5 Å². The van der Waals surface area contributed by atoms with E-state index in [0.29, 0.717) is 22.0 Å². The quantitative estimate of drug-likeness (QED) is 0.759. The molecule has 23 heavy (non-hydrogen) atoms. The topological polar surface area (TPSA) is 42.0 Å². The SMILES string of the molecule is Cc1ccccc1C(=O)Nc1nc(-c2ccc(F)c(F)c2)cs1. The Bertz CT molecular complexity index is 877. The Hall–Kier alpha value is -2.60. The fraction of sp³-hybridized carbons (Fsp3) is 0.0588. The number of amides is 1. The van der Waals surface area contributed by atoms with Gasteiger partial charge in [-0.05, 0) is 36.8 Å². The second-order valence-electron chi connectivity index (χ2n) is 4.94. The van der Waals surface area contributed by atoms with Gasteiger partial charge in [0.05, 0.1) is 5.69 Å². The largest absolute Gasteiger partial charge is 0.298 e. The molecule has 1 amide bonds. The first-order valence-electron chi connectivity index (χ1n) is 6.82. The van der Waals surface area contributed by atoms with E-state index >= 15 is 0 Å². The van der Waals surface area contributed by atoms with Crippen LogP contribution in [0.4, 0.5) is 13.9 Å². The number of aryl methyl sites for hydroxylation is 1. The predicted octanol–water partition coefficient (Wildman–Crippen LogP) is 4.65. The van der Waals surface area contributed by atoms with Crippen molar-refractivity contribution >= 4 is 22.4 Å². The fourth-order valence-corrected chi connectivity index (χ4v) is 2.83. The van der Waals surface area contributed by atoms with Gasteiger partial charge in [-0.25, -0.2) is 13.8 Å². The highest BCUT2D eigenvalue weighted by Gasteiger charge is 2.12. The van der Waals surface area contributed by atoms with Gasteiger partial charge in [0.2, 0.25) is 0 Å². The zero-order valence-corrected chi connectivity index (χ0v) is 13.0. The number of nitrogens with one attached hydrogen (secondary N) is 1. The van der Waals surface area contributed by atoms with Crippen molar-refractivity contribution in [3.05, 3.63) is 70.6 Å². The van der Waals surface area contributed by atoms with Gasteiger partial charge >= 0.3 is 0 Å². The van der Waals surface area contributed by atoms with Gasteiger partial charge in [0, 0.05) is 16.5 Å². The van der Waals surface area contributed by atoms with Gasteiger partial charge in [-0.2, -0.15) is 0 Å². The summed E-state index contributed by atoms with van der Waals surface area (Å²) in [4.78, 5) is 16.5. The van der Waals surface area contributed by atoms with E-state index in [-0.39, 0.29) is 5.91 Å². The molecule has 1 heterocycles. The van der Waals surface area contributed by atoms with Crippen molar-refractivity contribution < 1.29 is 13.6 Å². The monoisotopic (exact) mass is 330 g/mol. The van der Waals surface area contributed by atoms with Crippen LogP contribution in [0, 0.1) is 18.6 Å². The summed E-state index contributed by atoms with van der Waals surface area (Å²) in [6, 6.07) is 10.8. The molecule has 0 aliphatic rings. The zero-order chi connectivity index (χ0) is 16.4. The van der Waals surface area contributed by atoms with Crippen molar-refractivity contribution in [2.75, 3.05) is 5.32 Å². The molecular formula is C17H12F2N2OS. The molecular weight excluding hydrogens is 318 g/mol. The second kappa shape index (κ2) is 6.26. The van der Waals surface area contributed by atoms with Gasteiger partial charge in [0.15, 0.2) is 16.8 Å². The van der Waals surface area contributed by atoms with Crippen molar-refractivity contribution in [2.45, 2.75) is 6.92 Å². The summed E-state index contributed by atoms with van der Waals surface area (Å²) < 4.78 is 26.2. The molecule has 6 heteroatoms. The summed E-state index contributed by atoms with van der Waals surface area (Å²) >= 11 is 1.22. The summed E-state index contributed by atoms with van der Waals surface area (Å²) in [5.41, 5.74) is 2.37. The maximum atomic E-state index is 13.3. The van der Waals surface area contributed by atoms with Crippen molar-refractivity contribution in [3.8, 4) is 11.3 Å². The number of carbonyl (C=O) groups is 1. The van der Waals surface area contributed by atoms with E-state index in [4.69, 9.17) is 0 Å². The van der Waals surface area contributed by atoms with Crippen LogP contribution in [0.3, 0.4) is 0 Å². The summed E-state index contributed by atoms with van der Waals surface area (Å²) in [6.45, 7) is 1.85. The molecule has 0 aliphatic carbocycles. The third kappa shape index (κ3) is 3.27. The van der Waals surface area contributed by atoms with Crippen LogP contribution in [-0.4, -0.2) is 10.9 Å². The maximum Gasteiger partial charge on any atom is 0.257 e. The van der Waals surface area contributed by atoms with Gasteiger partial charge in [0.25, 0.3) is 5.91 Å². The number of anilines is 1. The molecule has 3 aromatic rings. The lowest BCUT2D eigenvalue weighted by Crippen LogP contribution is -2.12. The summed E-state index contributed by atoms with van der Waals surface area (Å²) in [7, 11) is 0. The van der Waals surface area contributed by atoms with E-state index in [0.717, 1.165) is 17.7 Å². The highest BCUT2D eigenvalue weighted by molar-refractivity contribution is 7.14. The van der Waals surface area contributed by atoms with Crippen molar-refractivity contribution in [2.24, 2.45) is 0 Å². The van der Waals surface area contributed by atoms with E-state index in [1.807, 2.05) is 19.1 Å². The number of thiazole rings is 1. The molecule has 0 unspecified atom stereocenters. The van der Waals surface area contributed by atoms with Gasteiger partial charge in [0.1, 0.15) is 0 Å². The minimum Gasteiger partial charge on any atom is -0.298 e. The standard InChI is InChI=1S/C17H12F2N2OS/c1-10-4-2-3-5-12(10)16(22)21-17-20-15(9-23-17)11-6-7-13(18)14(19)8-11/h2-9H,1H3,(H,20,21,22). The van der Waals surface area contributed by atoms with Gasteiger partial charge in [-0.1, -0.05) is 18.2 Å². The highest BCUT2D eigenvalue weighted by Crippen LogP contribution is 2.26. The molecule has 0 atom stereocenters. The first kappa shape index (κ1) is 15.3. The lowest BCUT2D eigenvalue weighted by atomic mass is 10.1. The Balaban J connectivity index is 1.81. The summed E-state index contributed by atoms with van der Waals surface area (Å²) in [6.07, 6.45) is 0. The second-order valence-corrected chi connectivity index (χ2v) is 5.79. The smallest absolute Gasteiger partial charge is 0.257 e. The maximum absolute atomic E-state index is 13.3. The number of benzene rings is 2. The molecule has 3 nitrogen and oxygen atoms in total. The van der Waals surface area contributed by atoms with Crippen molar-refractivity contribution in [1.29, 1.82) is 0 Å². The minimum absolute atomic E-state index is 0.255. The van der Waals surface area contributed by atoms with Gasteiger partial charge in [-0.3, -0.25) is 10.1 Å². The first-order chi connectivity index (χ1) is 11.0. The minimum atomic E-state index is -0.930. The summed E-state index contributed by atoms with van der Waals surface area (Å²) in [5, 5.41) is 4.80. The highest BCUT2D eigenvalue weighted by atomic mass is 32.1. The normalized spacial score (nSPS) is 10.6. The number of carbonyl (C=O) groups excluding carboxylic acids is 1. The number of rotatable bonds is 3. The average Bonchev–Trinajstić information content (AvgIpc) is 2.99. The molecule has 0 aliphatic heterocycles. The zero-order valence-electron chi connectivity index (χ0n) is 12.1. The van der Waals surface area contributed by atoms with Crippen LogP contribution in [0.25, 0.3) is 11.3 Å². The number of nitrogens with zero attached hydrogens (tertiary/aromatic N) is 1. The van der Waals surface area contributed by atoms with Crippen molar-refractivity contribution in [3.63, 3.8) is 0 Å². The predicted molar refractivity (Wildman–Crippen MR) is 86.6 cm³/mol. The summed E-state index contributed by atoms with van der Waals surface area (Å²) in [5.74, 6) is -2.09. The van der Waals surface area contributed by atoms with Crippen LogP contribution in [0.5, 0.6) is 0 Å². The Morgan fingerprint density at radius 3 is 2.65 bits per heavy atom. The molecule has 116 valence electrons. The van der Waals surface area contributed by atoms with E-state index in [2.05, 4.69) is 10.3 Å². The molecule has 0 saturated heterocycles. The third-order valence-corrected chi connectivity index (χ3v) is 4.09. The van der Waals surface area contributed by atoms with Gasteiger partial charge < -0.3 is 0 Å². The van der Waals surface area contributed by atoms with E-state index in [9.17, 15) is 13.6 Å². The molecule has 0 fully saturated rings. The van der Waals surface area contributed by atoms with Crippen LogP contribution in [0.1, 0.15) is 15.9 Å². The van der Waals surface area contributed by atoms with Gasteiger partial charge in [-0.15, -0.1) is 11.3 Å². The fourth-order valence-electron chi connectivity index (χ4n) is 2.11.